The van der Waals surface area contributed by atoms with Crippen LogP contribution in [0.3, 0.4) is 0 Å². The highest BCUT2D eigenvalue weighted by Gasteiger charge is 2.11. The number of carbonyl (C=O) groups is 1. The van der Waals surface area contributed by atoms with Gasteiger partial charge in [0.15, 0.2) is 5.76 Å². The summed E-state index contributed by atoms with van der Waals surface area (Å²) in [6.07, 6.45) is 5.46. The van der Waals surface area contributed by atoms with Crippen LogP contribution in [0.15, 0.2) is 47.1 Å². The molecular weight excluding hydrogens is 264 g/mol. The van der Waals surface area contributed by atoms with Gasteiger partial charge in [0.1, 0.15) is 0 Å². The summed E-state index contributed by atoms with van der Waals surface area (Å²) in [7, 11) is 0. The van der Waals surface area contributed by atoms with Crippen molar-refractivity contribution in [2.24, 2.45) is 0 Å². The van der Waals surface area contributed by atoms with Crippen LogP contribution in [0.4, 0.5) is 5.69 Å². The van der Waals surface area contributed by atoms with Crippen molar-refractivity contribution in [2.45, 2.75) is 25.8 Å². The molecule has 1 aliphatic rings. The van der Waals surface area contributed by atoms with E-state index < -0.39 is 0 Å². The third kappa shape index (κ3) is 3.73. The lowest BCUT2D eigenvalue weighted by atomic mass is 10.1. The van der Waals surface area contributed by atoms with Crippen molar-refractivity contribution in [3.8, 4) is 0 Å². The SMILES string of the molecule is O=C(Nc1ccc(CN2CCCCC2)cc1)c1ccco1. The Balaban J connectivity index is 1.57. The second kappa shape index (κ2) is 6.59. The monoisotopic (exact) mass is 284 g/mol. The van der Waals surface area contributed by atoms with Gasteiger partial charge in [0, 0.05) is 12.2 Å². The van der Waals surface area contributed by atoms with Crippen molar-refractivity contribution in [2.75, 3.05) is 18.4 Å². The van der Waals surface area contributed by atoms with Gasteiger partial charge in [-0.25, -0.2) is 0 Å². The number of amides is 1. The number of carbonyl (C=O) groups excluding carboxylic acids is 1. The van der Waals surface area contributed by atoms with E-state index >= 15 is 0 Å². The molecule has 0 spiro atoms. The highest BCUT2D eigenvalue weighted by Crippen LogP contribution is 2.16. The van der Waals surface area contributed by atoms with E-state index in [-0.39, 0.29) is 5.91 Å². The van der Waals surface area contributed by atoms with E-state index in [2.05, 4.69) is 22.3 Å². The molecule has 2 heterocycles. The molecule has 1 aliphatic heterocycles. The van der Waals surface area contributed by atoms with Gasteiger partial charge in [-0.15, -0.1) is 0 Å². The van der Waals surface area contributed by atoms with Crippen LogP contribution in [0.1, 0.15) is 35.4 Å². The number of rotatable bonds is 4. The number of furan rings is 1. The molecule has 2 aromatic rings. The van der Waals surface area contributed by atoms with Gasteiger partial charge in [0.2, 0.25) is 0 Å². The highest BCUT2D eigenvalue weighted by molar-refractivity contribution is 6.02. The summed E-state index contributed by atoms with van der Waals surface area (Å²) in [6, 6.07) is 11.4. The van der Waals surface area contributed by atoms with Crippen LogP contribution in [0.5, 0.6) is 0 Å². The Morgan fingerprint density at radius 3 is 2.52 bits per heavy atom. The largest absolute Gasteiger partial charge is 0.459 e. The standard InChI is InChI=1S/C17H20N2O2/c20-17(16-5-4-12-21-16)18-15-8-6-14(7-9-15)13-19-10-2-1-3-11-19/h4-9,12H,1-3,10-11,13H2,(H,18,20). The normalized spacial score (nSPS) is 15.8. The van der Waals surface area contributed by atoms with Crippen LogP contribution < -0.4 is 5.32 Å². The molecule has 1 saturated heterocycles. The molecular formula is C17H20N2O2. The smallest absolute Gasteiger partial charge is 0.291 e. The van der Waals surface area contributed by atoms with Gasteiger partial charge in [0.05, 0.1) is 6.26 Å². The first-order chi connectivity index (χ1) is 10.3. The molecule has 0 atom stereocenters. The number of hydrogen-bond acceptors (Lipinski definition) is 3. The Labute approximate surface area is 124 Å². The molecule has 110 valence electrons. The molecule has 0 unspecified atom stereocenters. The first-order valence-corrected chi connectivity index (χ1v) is 7.47. The molecule has 1 fully saturated rings. The van der Waals surface area contributed by atoms with E-state index in [1.54, 1.807) is 12.1 Å². The second-order valence-corrected chi connectivity index (χ2v) is 5.47. The summed E-state index contributed by atoms with van der Waals surface area (Å²) < 4.78 is 5.07. The number of nitrogens with one attached hydrogen (secondary N) is 1. The fourth-order valence-corrected chi connectivity index (χ4v) is 2.67. The van der Waals surface area contributed by atoms with Gasteiger partial charge >= 0.3 is 0 Å². The van der Waals surface area contributed by atoms with Crippen LogP contribution in [0.25, 0.3) is 0 Å². The van der Waals surface area contributed by atoms with Crippen molar-refractivity contribution in [1.29, 1.82) is 0 Å². The Morgan fingerprint density at radius 2 is 1.86 bits per heavy atom. The molecule has 4 heteroatoms. The molecule has 1 amide bonds. The van der Waals surface area contributed by atoms with Crippen LogP contribution >= 0.6 is 0 Å². The second-order valence-electron chi connectivity index (χ2n) is 5.47. The molecule has 1 aromatic carbocycles. The van der Waals surface area contributed by atoms with E-state index in [0.717, 1.165) is 12.2 Å². The predicted octanol–water partition coefficient (Wildman–Crippen LogP) is 3.52. The first kappa shape index (κ1) is 13.9. The number of piperidine rings is 1. The summed E-state index contributed by atoms with van der Waals surface area (Å²) in [6.45, 7) is 3.38. The lowest BCUT2D eigenvalue weighted by Crippen LogP contribution is -2.29. The summed E-state index contributed by atoms with van der Waals surface area (Å²) >= 11 is 0. The zero-order chi connectivity index (χ0) is 14.5. The van der Waals surface area contributed by atoms with Gasteiger partial charge in [-0.3, -0.25) is 9.69 Å². The number of nitrogens with zero attached hydrogens (tertiary/aromatic N) is 1. The summed E-state index contributed by atoms with van der Waals surface area (Å²) in [5, 5.41) is 2.83. The molecule has 21 heavy (non-hydrogen) atoms. The van der Waals surface area contributed by atoms with Crippen LogP contribution in [-0.2, 0) is 6.54 Å². The Kier molecular flexibility index (Phi) is 4.36. The van der Waals surface area contributed by atoms with E-state index in [1.807, 2.05) is 12.1 Å². The predicted molar refractivity (Wildman–Crippen MR) is 82.2 cm³/mol. The fraction of sp³-hybridized carbons (Fsp3) is 0.353. The summed E-state index contributed by atoms with van der Waals surface area (Å²) in [5.74, 6) is 0.108. The minimum Gasteiger partial charge on any atom is -0.459 e. The third-order valence-electron chi connectivity index (χ3n) is 3.81. The number of anilines is 1. The molecule has 1 aromatic heterocycles. The van der Waals surface area contributed by atoms with Crippen molar-refractivity contribution < 1.29 is 9.21 Å². The van der Waals surface area contributed by atoms with Crippen molar-refractivity contribution in [3.63, 3.8) is 0 Å². The number of likely N-dealkylation sites (tertiary alicyclic amines) is 1. The van der Waals surface area contributed by atoms with Crippen LogP contribution in [0.2, 0.25) is 0 Å². The highest BCUT2D eigenvalue weighted by atomic mass is 16.3. The maximum absolute atomic E-state index is 11.9. The molecule has 1 N–H and O–H groups in total. The molecule has 0 bridgehead atoms. The van der Waals surface area contributed by atoms with Gasteiger partial charge in [-0.05, 0) is 55.8 Å². The Hall–Kier alpha value is -2.07. The Bertz CT molecular complexity index is 569. The maximum Gasteiger partial charge on any atom is 0.291 e. The third-order valence-corrected chi connectivity index (χ3v) is 3.81. The van der Waals surface area contributed by atoms with Gasteiger partial charge in [0.25, 0.3) is 5.91 Å². The quantitative estimate of drug-likeness (QED) is 0.934. The zero-order valence-corrected chi connectivity index (χ0v) is 12.0. The van der Waals surface area contributed by atoms with Gasteiger partial charge in [-0.1, -0.05) is 18.6 Å². The average molecular weight is 284 g/mol. The van der Waals surface area contributed by atoms with Crippen LogP contribution in [0, 0.1) is 0 Å². The topological polar surface area (TPSA) is 45.5 Å². The number of hydrogen-bond donors (Lipinski definition) is 1. The Morgan fingerprint density at radius 1 is 1.10 bits per heavy atom. The van der Waals surface area contributed by atoms with E-state index in [0.29, 0.717) is 5.76 Å². The summed E-state index contributed by atoms with van der Waals surface area (Å²) in [4.78, 5) is 14.3. The molecule has 0 aliphatic carbocycles. The molecule has 0 saturated carbocycles. The average Bonchev–Trinajstić information content (AvgIpc) is 3.05. The first-order valence-electron chi connectivity index (χ1n) is 7.47. The lowest BCUT2D eigenvalue weighted by molar-refractivity contribution is 0.0996. The van der Waals surface area contributed by atoms with Crippen molar-refractivity contribution in [3.05, 3.63) is 54.0 Å². The minimum atomic E-state index is -0.219. The lowest BCUT2D eigenvalue weighted by Gasteiger charge is -2.26. The molecule has 4 nitrogen and oxygen atoms in total. The van der Waals surface area contributed by atoms with Crippen LogP contribution in [-0.4, -0.2) is 23.9 Å². The van der Waals surface area contributed by atoms with E-state index in [1.165, 1.54) is 44.2 Å². The van der Waals surface area contributed by atoms with E-state index in [9.17, 15) is 4.79 Å². The maximum atomic E-state index is 11.9. The molecule has 0 radical (unpaired) electrons. The van der Waals surface area contributed by atoms with Gasteiger partial charge < -0.3 is 9.73 Å². The molecule has 3 rings (SSSR count). The fourth-order valence-electron chi connectivity index (χ4n) is 2.67. The minimum absolute atomic E-state index is 0.219. The van der Waals surface area contributed by atoms with E-state index in [4.69, 9.17) is 4.42 Å². The van der Waals surface area contributed by atoms with Crippen molar-refractivity contribution in [1.82, 2.24) is 4.90 Å². The van der Waals surface area contributed by atoms with Crippen molar-refractivity contribution >= 4 is 11.6 Å². The van der Waals surface area contributed by atoms with Gasteiger partial charge in [-0.2, -0.15) is 0 Å². The zero-order valence-electron chi connectivity index (χ0n) is 12.0. The number of benzene rings is 1. The summed E-state index contributed by atoms with van der Waals surface area (Å²) in [5.41, 5.74) is 2.08.